The molecule has 2 aliphatic rings. The van der Waals surface area contributed by atoms with Crippen molar-refractivity contribution >= 4 is 23.2 Å². The van der Waals surface area contributed by atoms with Crippen LogP contribution in [0.2, 0.25) is 0 Å². The van der Waals surface area contributed by atoms with Gasteiger partial charge in [0.2, 0.25) is 0 Å². The SMILES string of the molecule is Cc1cc(C(=O)N2CCCN2C(=S)NC2CC2)no1. The largest absolute Gasteiger partial charge is 0.361 e. The highest BCUT2D eigenvalue weighted by molar-refractivity contribution is 7.80. The molecule has 0 radical (unpaired) electrons. The normalized spacial score (nSPS) is 18.8. The van der Waals surface area contributed by atoms with Crippen LogP contribution in [0.25, 0.3) is 0 Å². The zero-order valence-electron chi connectivity index (χ0n) is 10.8. The maximum Gasteiger partial charge on any atom is 0.294 e. The molecule has 19 heavy (non-hydrogen) atoms. The van der Waals surface area contributed by atoms with Crippen LogP contribution in [0.3, 0.4) is 0 Å². The zero-order chi connectivity index (χ0) is 13.4. The number of nitrogens with one attached hydrogen (secondary N) is 1. The average Bonchev–Trinajstić information content (AvgIpc) is 2.92. The predicted molar refractivity (Wildman–Crippen MR) is 72.4 cm³/mol. The molecule has 1 aromatic rings. The van der Waals surface area contributed by atoms with Crippen LogP contribution < -0.4 is 5.32 Å². The van der Waals surface area contributed by atoms with Gasteiger partial charge in [-0.05, 0) is 38.4 Å². The fourth-order valence-electron chi connectivity index (χ4n) is 2.11. The lowest BCUT2D eigenvalue weighted by Gasteiger charge is -2.29. The van der Waals surface area contributed by atoms with E-state index in [1.54, 1.807) is 18.0 Å². The Labute approximate surface area is 116 Å². The summed E-state index contributed by atoms with van der Waals surface area (Å²) in [6.07, 6.45) is 3.23. The van der Waals surface area contributed by atoms with Crippen LogP contribution in [0.5, 0.6) is 0 Å². The maximum atomic E-state index is 12.4. The Morgan fingerprint density at radius 1 is 1.47 bits per heavy atom. The second kappa shape index (κ2) is 4.80. The molecule has 0 bridgehead atoms. The van der Waals surface area contributed by atoms with E-state index in [2.05, 4.69) is 10.5 Å². The minimum atomic E-state index is -0.158. The molecule has 1 aliphatic heterocycles. The van der Waals surface area contributed by atoms with Gasteiger partial charge in [0.05, 0.1) is 0 Å². The molecule has 3 rings (SSSR count). The third-order valence-corrected chi connectivity index (χ3v) is 3.58. The summed E-state index contributed by atoms with van der Waals surface area (Å²) in [7, 11) is 0. The summed E-state index contributed by atoms with van der Waals surface area (Å²) < 4.78 is 4.95. The number of carbonyl (C=O) groups is 1. The second-order valence-corrected chi connectivity index (χ2v) is 5.34. The molecule has 1 aliphatic carbocycles. The molecular weight excluding hydrogens is 264 g/mol. The minimum absolute atomic E-state index is 0.158. The first kappa shape index (κ1) is 12.4. The van der Waals surface area contributed by atoms with Crippen molar-refractivity contribution in [2.75, 3.05) is 13.1 Å². The van der Waals surface area contributed by atoms with E-state index in [0.29, 0.717) is 29.2 Å². The lowest BCUT2D eigenvalue weighted by Crippen LogP contribution is -2.49. The fourth-order valence-corrected chi connectivity index (χ4v) is 2.47. The van der Waals surface area contributed by atoms with E-state index in [4.69, 9.17) is 16.7 Å². The Kier molecular flexibility index (Phi) is 3.14. The van der Waals surface area contributed by atoms with E-state index in [0.717, 1.165) is 25.8 Å². The van der Waals surface area contributed by atoms with Gasteiger partial charge in [-0.3, -0.25) is 9.80 Å². The van der Waals surface area contributed by atoms with Crippen LogP contribution in [0.15, 0.2) is 10.6 Å². The summed E-state index contributed by atoms with van der Waals surface area (Å²) in [6, 6.07) is 2.13. The summed E-state index contributed by atoms with van der Waals surface area (Å²) in [5.41, 5.74) is 0.332. The Bertz CT molecular complexity index is 512. The van der Waals surface area contributed by atoms with Crippen LogP contribution >= 0.6 is 12.2 Å². The summed E-state index contributed by atoms with van der Waals surface area (Å²) in [5, 5.41) is 11.1. The van der Waals surface area contributed by atoms with Crippen molar-refractivity contribution in [2.24, 2.45) is 0 Å². The van der Waals surface area contributed by atoms with Crippen molar-refractivity contribution in [3.05, 3.63) is 17.5 Å². The molecule has 0 atom stereocenters. The molecule has 1 amide bonds. The number of thiocarbonyl (C=S) groups is 1. The van der Waals surface area contributed by atoms with E-state index in [-0.39, 0.29) is 5.91 Å². The molecule has 1 saturated heterocycles. The molecule has 0 spiro atoms. The molecule has 1 N–H and O–H groups in total. The van der Waals surface area contributed by atoms with Gasteiger partial charge in [-0.15, -0.1) is 0 Å². The highest BCUT2D eigenvalue weighted by Crippen LogP contribution is 2.21. The van der Waals surface area contributed by atoms with Crippen LogP contribution in [0, 0.1) is 6.92 Å². The third-order valence-electron chi connectivity index (χ3n) is 3.25. The second-order valence-electron chi connectivity index (χ2n) is 4.95. The number of aromatic nitrogens is 1. The quantitative estimate of drug-likeness (QED) is 0.818. The van der Waals surface area contributed by atoms with E-state index in [1.807, 2.05) is 5.01 Å². The number of amides is 1. The van der Waals surface area contributed by atoms with Crippen molar-refractivity contribution < 1.29 is 9.32 Å². The highest BCUT2D eigenvalue weighted by atomic mass is 32.1. The van der Waals surface area contributed by atoms with Crippen molar-refractivity contribution in [3.8, 4) is 0 Å². The first-order valence-corrected chi connectivity index (χ1v) is 6.89. The number of hydrogen-bond acceptors (Lipinski definition) is 4. The lowest BCUT2D eigenvalue weighted by atomic mass is 10.3. The summed E-state index contributed by atoms with van der Waals surface area (Å²) in [4.78, 5) is 12.4. The number of aryl methyl sites for hydroxylation is 1. The number of hydrogen-bond donors (Lipinski definition) is 1. The summed E-state index contributed by atoms with van der Waals surface area (Å²) in [5.74, 6) is 0.474. The summed E-state index contributed by atoms with van der Waals surface area (Å²) in [6.45, 7) is 3.20. The van der Waals surface area contributed by atoms with E-state index < -0.39 is 0 Å². The molecule has 0 unspecified atom stereocenters. The van der Waals surface area contributed by atoms with Crippen molar-refractivity contribution in [3.63, 3.8) is 0 Å². The van der Waals surface area contributed by atoms with Gasteiger partial charge in [0.25, 0.3) is 5.91 Å². The number of nitrogens with zero attached hydrogens (tertiary/aromatic N) is 3. The van der Waals surface area contributed by atoms with Gasteiger partial charge in [0, 0.05) is 25.2 Å². The highest BCUT2D eigenvalue weighted by Gasteiger charge is 2.33. The van der Waals surface area contributed by atoms with E-state index in [1.165, 1.54) is 0 Å². The molecule has 1 aromatic heterocycles. The molecule has 2 heterocycles. The van der Waals surface area contributed by atoms with Crippen molar-refractivity contribution in [1.82, 2.24) is 20.5 Å². The Morgan fingerprint density at radius 2 is 2.21 bits per heavy atom. The van der Waals surface area contributed by atoms with E-state index in [9.17, 15) is 4.79 Å². The van der Waals surface area contributed by atoms with Gasteiger partial charge in [-0.25, -0.2) is 5.01 Å². The van der Waals surface area contributed by atoms with Gasteiger partial charge < -0.3 is 9.84 Å². The number of carbonyl (C=O) groups excluding carboxylic acids is 1. The molecular formula is C12H16N4O2S. The zero-order valence-corrected chi connectivity index (χ0v) is 11.6. The van der Waals surface area contributed by atoms with E-state index >= 15 is 0 Å². The van der Waals surface area contributed by atoms with Gasteiger partial charge >= 0.3 is 0 Å². The summed E-state index contributed by atoms with van der Waals surface area (Å²) >= 11 is 5.36. The third kappa shape index (κ3) is 2.56. The first-order chi connectivity index (χ1) is 9.15. The van der Waals surface area contributed by atoms with Gasteiger partial charge in [-0.1, -0.05) is 5.16 Å². The molecule has 6 nitrogen and oxygen atoms in total. The number of hydrazine groups is 1. The lowest BCUT2D eigenvalue weighted by molar-refractivity contribution is 0.0480. The monoisotopic (exact) mass is 280 g/mol. The first-order valence-electron chi connectivity index (χ1n) is 6.48. The van der Waals surface area contributed by atoms with Crippen LogP contribution in [-0.2, 0) is 0 Å². The molecule has 102 valence electrons. The molecule has 1 saturated carbocycles. The predicted octanol–water partition coefficient (Wildman–Crippen LogP) is 1.08. The molecule has 2 fully saturated rings. The van der Waals surface area contributed by atoms with Crippen LogP contribution in [0.1, 0.15) is 35.5 Å². The van der Waals surface area contributed by atoms with Crippen LogP contribution in [0.4, 0.5) is 0 Å². The Hall–Kier alpha value is -1.63. The Morgan fingerprint density at radius 3 is 2.84 bits per heavy atom. The Balaban J connectivity index is 1.71. The van der Waals surface area contributed by atoms with Crippen molar-refractivity contribution in [2.45, 2.75) is 32.2 Å². The number of rotatable bonds is 2. The average molecular weight is 280 g/mol. The topological polar surface area (TPSA) is 61.6 Å². The molecule has 7 heteroatoms. The fraction of sp³-hybridized carbons (Fsp3) is 0.583. The minimum Gasteiger partial charge on any atom is -0.361 e. The van der Waals surface area contributed by atoms with Gasteiger partial charge in [0.15, 0.2) is 10.8 Å². The smallest absolute Gasteiger partial charge is 0.294 e. The van der Waals surface area contributed by atoms with Gasteiger partial charge in [0.1, 0.15) is 5.76 Å². The van der Waals surface area contributed by atoms with Gasteiger partial charge in [-0.2, -0.15) is 0 Å². The molecule has 0 aromatic carbocycles. The maximum absolute atomic E-state index is 12.4. The van der Waals surface area contributed by atoms with Crippen molar-refractivity contribution in [1.29, 1.82) is 0 Å². The standard InChI is InChI=1S/C12H16N4O2S/c1-8-7-10(14-18-8)11(17)15-5-2-6-16(15)12(19)13-9-3-4-9/h7,9H,2-6H2,1H3,(H,13,19). The van der Waals surface area contributed by atoms with Crippen LogP contribution in [-0.4, -0.2) is 45.3 Å².